The molecular formula is C13H13N3O2. The summed E-state index contributed by atoms with van der Waals surface area (Å²) in [6, 6.07) is 7.43. The first kappa shape index (κ1) is 11.0. The molecule has 1 aromatic heterocycles. The van der Waals surface area contributed by atoms with Crippen LogP contribution in [0.4, 0.5) is 5.69 Å². The monoisotopic (exact) mass is 243 g/mol. The van der Waals surface area contributed by atoms with Gasteiger partial charge in [0.05, 0.1) is 0 Å². The van der Waals surface area contributed by atoms with Crippen molar-refractivity contribution in [3.05, 3.63) is 30.1 Å². The summed E-state index contributed by atoms with van der Waals surface area (Å²) in [5.41, 5.74) is 1.57. The van der Waals surface area contributed by atoms with E-state index in [4.69, 9.17) is 4.52 Å². The Balaban J connectivity index is 1.82. The lowest BCUT2D eigenvalue weighted by atomic mass is 10.2. The maximum Gasteiger partial charge on any atom is 0.257 e. The van der Waals surface area contributed by atoms with Gasteiger partial charge in [0.15, 0.2) is 5.82 Å². The molecule has 0 spiro atoms. The third-order valence-corrected chi connectivity index (χ3v) is 2.85. The first-order chi connectivity index (χ1) is 8.72. The number of carbonyl (C=O) groups is 1. The van der Waals surface area contributed by atoms with E-state index >= 15 is 0 Å². The molecule has 1 amide bonds. The first-order valence-corrected chi connectivity index (χ1v) is 5.94. The summed E-state index contributed by atoms with van der Waals surface area (Å²) in [6.45, 7) is 1.77. The van der Waals surface area contributed by atoms with Crippen LogP contribution in [0.15, 0.2) is 28.8 Å². The predicted molar refractivity (Wildman–Crippen MR) is 65.8 cm³/mol. The molecule has 92 valence electrons. The van der Waals surface area contributed by atoms with Crippen LogP contribution in [-0.2, 0) is 4.79 Å². The molecule has 18 heavy (non-hydrogen) atoms. The summed E-state index contributed by atoms with van der Waals surface area (Å²) in [4.78, 5) is 15.8. The SMILES string of the molecule is Cc1noc(-c2cccc(NC(=O)C3CC3)c2)n1. The second-order valence-electron chi connectivity index (χ2n) is 4.49. The van der Waals surface area contributed by atoms with Gasteiger partial charge in [0, 0.05) is 17.2 Å². The number of anilines is 1. The smallest absolute Gasteiger partial charge is 0.257 e. The molecule has 0 bridgehead atoms. The van der Waals surface area contributed by atoms with E-state index < -0.39 is 0 Å². The number of amides is 1. The van der Waals surface area contributed by atoms with Gasteiger partial charge >= 0.3 is 0 Å². The van der Waals surface area contributed by atoms with E-state index in [1.165, 1.54) is 0 Å². The average molecular weight is 243 g/mol. The van der Waals surface area contributed by atoms with Gasteiger partial charge in [-0.1, -0.05) is 11.2 Å². The molecule has 0 saturated heterocycles. The molecule has 1 heterocycles. The number of hydrogen-bond acceptors (Lipinski definition) is 4. The largest absolute Gasteiger partial charge is 0.334 e. The lowest BCUT2D eigenvalue weighted by Crippen LogP contribution is -2.13. The van der Waals surface area contributed by atoms with Crippen molar-refractivity contribution in [1.82, 2.24) is 10.1 Å². The fourth-order valence-electron chi connectivity index (χ4n) is 1.73. The Bertz CT molecular complexity index is 587. The van der Waals surface area contributed by atoms with Crippen molar-refractivity contribution in [2.75, 3.05) is 5.32 Å². The second-order valence-corrected chi connectivity index (χ2v) is 4.49. The molecule has 1 fully saturated rings. The van der Waals surface area contributed by atoms with Crippen molar-refractivity contribution in [1.29, 1.82) is 0 Å². The molecule has 5 heteroatoms. The molecule has 1 aliphatic rings. The molecule has 1 N–H and O–H groups in total. The minimum Gasteiger partial charge on any atom is -0.334 e. The number of hydrogen-bond donors (Lipinski definition) is 1. The molecule has 2 aromatic rings. The van der Waals surface area contributed by atoms with Crippen LogP contribution in [0.2, 0.25) is 0 Å². The number of benzene rings is 1. The number of nitrogens with zero attached hydrogens (tertiary/aromatic N) is 2. The van der Waals surface area contributed by atoms with Crippen molar-refractivity contribution in [3.63, 3.8) is 0 Å². The summed E-state index contributed by atoms with van der Waals surface area (Å²) >= 11 is 0. The van der Waals surface area contributed by atoms with Gasteiger partial charge in [-0.15, -0.1) is 0 Å². The number of aryl methyl sites for hydroxylation is 1. The average Bonchev–Trinajstić information content (AvgIpc) is 3.12. The molecule has 0 atom stereocenters. The van der Waals surface area contributed by atoms with Crippen molar-refractivity contribution >= 4 is 11.6 Å². The van der Waals surface area contributed by atoms with Gasteiger partial charge in [-0.25, -0.2) is 0 Å². The van der Waals surface area contributed by atoms with E-state index in [0.29, 0.717) is 11.7 Å². The van der Waals surface area contributed by atoms with E-state index in [2.05, 4.69) is 15.5 Å². The van der Waals surface area contributed by atoms with E-state index in [9.17, 15) is 4.79 Å². The van der Waals surface area contributed by atoms with E-state index in [-0.39, 0.29) is 11.8 Å². The fraction of sp³-hybridized carbons (Fsp3) is 0.308. The van der Waals surface area contributed by atoms with Crippen molar-refractivity contribution in [2.45, 2.75) is 19.8 Å². The quantitative estimate of drug-likeness (QED) is 0.898. The molecule has 3 rings (SSSR count). The summed E-state index contributed by atoms with van der Waals surface area (Å²) < 4.78 is 5.10. The zero-order chi connectivity index (χ0) is 12.5. The summed E-state index contributed by atoms with van der Waals surface area (Å²) in [7, 11) is 0. The minimum absolute atomic E-state index is 0.0915. The topological polar surface area (TPSA) is 68.0 Å². The Morgan fingerprint density at radius 1 is 1.44 bits per heavy atom. The number of aromatic nitrogens is 2. The molecule has 1 aromatic carbocycles. The Labute approximate surface area is 104 Å². The molecule has 0 radical (unpaired) electrons. The number of nitrogens with one attached hydrogen (secondary N) is 1. The maximum absolute atomic E-state index is 11.7. The molecule has 0 aliphatic heterocycles. The van der Waals surface area contributed by atoms with E-state index in [0.717, 1.165) is 24.1 Å². The first-order valence-electron chi connectivity index (χ1n) is 5.94. The minimum atomic E-state index is 0.0915. The predicted octanol–water partition coefficient (Wildman–Crippen LogP) is 2.39. The van der Waals surface area contributed by atoms with Crippen molar-refractivity contribution in [2.24, 2.45) is 5.92 Å². The maximum atomic E-state index is 11.7. The van der Waals surface area contributed by atoms with Gasteiger partial charge < -0.3 is 9.84 Å². The van der Waals surface area contributed by atoms with Gasteiger partial charge in [-0.3, -0.25) is 4.79 Å². The van der Waals surface area contributed by atoms with Crippen LogP contribution in [0.3, 0.4) is 0 Å². The van der Waals surface area contributed by atoms with Crippen LogP contribution in [0.25, 0.3) is 11.5 Å². The van der Waals surface area contributed by atoms with Gasteiger partial charge in [0.25, 0.3) is 5.89 Å². The number of carbonyl (C=O) groups excluding carboxylic acids is 1. The Hall–Kier alpha value is -2.17. The highest BCUT2D eigenvalue weighted by Gasteiger charge is 2.29. The molecule has 0 unspecified atom stereocenters. The molecule has 5 nitrogen and oxygen atoms in total. The zero-order valence-electron chi connectivity index (χ0n) is 10.0. The van der Waals surface area contributed by atoms with Crippen LogP contribution in [0.1, 0.15) is 18.7 Å². The van der Waals surface area contributed by atoms with Crippen LogP contribution in [-0.4, -0.2) is 16.0 Å². The van der Waals surface area contributed by atoms with Gasteiger partial charge in [-0.2, -0.15) is 4.98 Å². The normalized spacial score (nSPS) is 14.5. The Kier molecular flexibility index (Phi) is 2.59. The summed E-state index contributed by atoms with van der Waals surface area (Å²) in [5, 5.41) is 6.64. The van der Waals surface area contributed by atoms with Crippen LogP contribution in [0.5, 0.6) is 0 Å². The molecule has 1 aliphatic carbocycles. The van der Waals surface area contributed by atoms with E-state index in [1.54, 1.807) is 6.92 Å². The van der Waals surface area contributed by atoms with Crippen LogP contribution >= 0.6 is 0 Å². The standard InChI is InChI=1S/C13H13N3O2/c1-8-14-13(18-16-8)10-3-2-4-11(7-10)15-12(17)9-5-6-9/h2-4,7,9H,5-6H2,1H3,(H,15,17). The fourth-order valence-corrected chi connectivity index (χ4v) is 1.73. The summed E-state index contributed by atoms with van der Waals surface area (Å²) in [6.07, 6.45) is 1.99. The van der Waals surface area contributed by atoms with E-state index in [1.807, 2.05) is 24.3 Å². The van der Waals surface area contributed by atoms with Gasteiger partial charge in [0.2, 0.25) is 5.91 Å². The molecule has 1 saturated carbocycles. The lowest BCUT2D eigenvalue weighted by molar-refractivity contribution is -0.117. The van der Waals surface area contributed by atoms with Gasteiger partial charge in [0.1, 0.15) is 0 Å². The van der Waals surface area contributed by atoms with Crippen LogP contribution in [0, 0.1) is 12.8 Å². The van der Waals surface area contributed by atoms with Crippen molar-refractivity contribution < 1.29 is 9.32 Å². The van der Waals surface area contributed by atoms with Crippen LogP contribution < -0.4 is 5.32 Å². The van der Waals surface area contributed by atoms with Gasteiger partial charge in [-0.05, 0) is 38.0 Å². The Morgan fingerprint density at radius 2 is 2.28 bits per heavy atom. The number of rotatable bonds is 3. The summed E-state index contributed by atoms with van der Waals surface area (Å²) in [5.74, 6) is 1.35. The third-order valence-electron chi connectivity index (χ3n) is 2.85. The lowest BCUT2D eigenvalue weighted by Gasteiger charge is -2.04. The highest BCUT2D eigenvalue weighted by atomic mass is 16.5. The second kappa shape index (κ2) is 4.25. The highest BCUT2D eigenvalue weighted by Crippen LogP contribution is 2.30. The highest BCUT2D eigenvalue weighted by molar-refractivity contribution is 5.94. The third kappa shape index (κ3) is 2.25. The Morgan fingerprint density at radius 3 is 2.94 bits per heavy atom. The molecular weight excluding hydrogens is 230 g/mol. The zero-order valence-corrected chi connectivity index (χ0v) is 10.0. The van der Waals surface area contributed by atoms with Crippen molar-refractivity contribution in [3.8, 4) is 11.5 Å².